The van der Waals surface area contributed by atoms with E-state index in [0.717, 1.165) is 11.4 Å². The molecule has 140 valence electrons. The van der Waals surface area contributed by atoms with Crippen LogP contribution in [-0.2, 0) is 11.3 Å². The molecule has 0 aliphatic rings. The quantitative estimate of drug-likeness (QED) is 0.744. The van der Waals surface area contributed by atoms with Crippen LogP contribution in [0.5, 0.6) is 0 Å². The number of thiophene rings is 1. The van der Waals surface area contributed by atoms with Gasteiger partial charge in [-0.05, 0) is 56.0 Å². The predicted octanol–water partition coefficient (Wildman–Crippen LogP) is 2.19. The molecule has 1 aromatic heterocycles. The van der Waals surface area contributed by atoms with E-state index in [4.69, 9.17) is 0 Å². The lowest BCUT2D eigenvalue weighted by atomic mass is 10.1. The van der Waals surface area contributed by atoms with Gasteiger partial charge in [0.1, 0.15) is 6.54 Å². The monoisotopic (exact) mass is 374 g/mol. The number of carbonyl (C=O) groups excluding carboxylic acids is 2. The van der Waals surface area contributed by atoms with Gasteiger partial charge in [-0.2, -0.15) is 0 Å². The predicted molar refractivity (Wildman–Crippen MR) is 107 cm³/mol. The van der Waals surface area contributed by atoms with Gasteiger partial charge in [0.25, 0.3) is 11.8 Å². The summed E-state index contributed by atoms with van der Waals surface area (Å²) in [5, 5.41) is 4.99. The highest BCUT2D eigenvalue weighted by Gasteiger charge is 2.15. The van der Waals surface area contributed by atoms with Gasteiger partial charge in [-0.15, -0.1) is 11.3 Å². The number of aryl methyl sites for hydroxylation is 1. The molecular formula is C20H28N3O2S+. The van der Waals surface area contributed by atoms with Crippen molar-refractivity contribution in [2.75, 3.05) is 32.0 Å². The van der Waals surface area contributed by atoms with Crippen molar-refractivity contribution in [2.24, 2.45) is 0 Å². The van der Waals surface area contributed by atoms with Crippen LogP contribution in [0.3, 0.4) is 0 Å². The maximum atomic E-state index is 12.4. The molecule has 1 heterocycles. The minimum absolute atomic E-state index is 0.0120. The summed E-state index contributed by atoms with van der Waals surface area (Å²) in [6.45, 7) is 8.56. The second-order valence-corrected chi connectivity index (χ2v) is 7.44. The fourth-order valence-electron chi connectivity index (χ4n) is 2.82. The minimum atomic E-state index is -0.0517. The summed E-state index contributed by atoms with van der Waals surface area (Å²) in [7, 11) is 2.01. The van der Waals surface area contributed by atoms with Crippen LogP contribution >= 0.6 is 11.3 Å². The fourth-order valence-corrected chi connectivity index (χ4v) is 3.84. The molecule has 6 heteroatoms. The minimum Gasteiger partial charge on any atom is -0.339 e. The largest absolute Gasteiger partial charge is 0.339 e. The highest BCUT2D eigenvalue weighted by atomic mass is 32.1. The smallest absolute Gasteiger partial charge is 0.279 e. The van der Waals surface area contributed by atoms with Crippen molar-refractivity contribution in [2.45, 2.75) is 27.3 Å². The van der Waals surface area contributed by atoms with Crippen molar-refractivity contribution < 1.29 is 14.5 Å². The molecule has 0 saturated carbocycles. The normalized spacial score (nSPS) is 11.8. The summed E-state index contributed by atoms with van der Waals surface area (Å²) in [5.74, 6) is -0.0637. The first-order chi connectivity index (χ1) is 12.4. The molecule has 0 aliphatic carbocycles. The first kappa shape index (κ1) is 20.1. The third-order valence-corrected chi connectivity index (χ3v) is 5.36. The van der Waals surface area contributed by atoms with Gasteiger partial charge in [0, 0.05) is 24.3 Å². The molecule has 1 aromatic carbocycles. The molecule has 5 nitrogen and oxygen atoms in total. The number of amides is 2. The number of hydrogen-bond acceptors (Lipinski definition) is 3. The maximum Gasteiger partial charge on any atom is 0.279 e. The average molecular weight is 375 g/mol. The van der Waals surface area contributed by atoms with E-state index in [1.54, 1.807) is 34.4 Å². The Morgan fingerprint density at radius 1 is 1.19 bits per heavy atom. The summed E-state index contributed by atoms with van der Waals surface area (Å²) in [5.41, 5.74) is 2.53. The Hall–Kier alpha value is -2.18. The molecule has 1 atom stereocenters. The standard InChI is InChI=1S/C20H27N3O2S/c1-5-23(6-2)20(25)16-8-7-9-17(12-16)21-19(24)14-22(4)13-18-15(3)10-11-26-18/h7-12H,5-6,13-14H2,1-4H3,(H,21,24)/p+1. The molecule has 26 heavy (non-hydrogen) atoms. The van der Waals surface area contributed by atoms with Crippen LogP contribution in [0, 0.1) is 6.92 Å². The van der Waals surface area contributed by atoms with E-state index in [-0.39, 0.29) is 11.8 Å². The third-order valence-electron chi connectivity index (χ3n) is 4.34. The van der Waals surface area contributed by atoms with E-state index >= 15 is 0 Å². The summed E-state index contributed by atoms with van der Waals surface area (Å²) in [6, 6.07) is 9.25. The van der Waals surface area contributed by atoms with Crippen LogP contribution in [-0.4, -0.2) is 43.4 Å². The molecule has 0 radical (unpaired) electrons. The molecule has 0 bridgehead atoms. The van der Waals surface area contributed by atoms with Crippen LogP contribution in [0.4, 0.5) is 5.69 Å². The van der Waals surface area contributed by atoms with Crippen LogP contribution < -0.4 is 10.2 Å². The van der Waals surface area contributed by atoms with Crippen molar-refractivity contribution in [1.82, 2.24) is 4.90 Å². The molecule has 0 aliphatic heterocycles. The molecule has 2 amide bonds. The van der Waals surface area contributed by atoms with Gasteiger partial charge in [-0.25, -0.2) is 0 Å². The highest BCUT2D eigenvalue weighted by Crippen LogP contribution is 2.14. The average Bonchev–Trinajstić information content (AvgIpc) is 3.00. The van der Waals surface area contributed by atoms with Crippen molar-refractivity contribution in [3.63, 3.8) is 0 Å². The van der Waals surface area contributed by atoms with Gasteiger partial charge < -0.3 is 15.1 Å². The Morgan fingerprint density at radius 2 is 1.92 bits per heavy atom. The zero-order valence-corrected chi connectivity index (χ0v) is 16.8. The van der Waals surface area contributed by atoms with E-state index < -0.39 is 0 Å². The number of hydrogen-bond donors (Lipinski definition) is 2. The Kier molecular flexibility index (Phi) is 7.36. The zero-order valence-electron chi connectivity index (χ0n) is 16.0. The Morgan fingerprint density at radius 3 is 2.54 bits per heavy atom. The molecular weight excluding hydrogens is 346 g/mol. The van der Waals surface area contributed by atoms with E-state index in [1.807, 2.05) is 27.0 Å². The fraction of sp³-hybridized carbons (Fsp3) is 0.400. The van der Waals surface area contributed by atoms with Crippen LogP contribution in [0.25, 0.3) is 0 Å². The first-order valence-electron chi connectivity index (χ1n) is 8.98. The van der Waals surface area contributed by atoms with E-state index in [2.05, 4.69) is 23.7 Å². The maximum absolute atomic E-state index is 12.4. The van der Waals surface area contributed by atoms with Gasteiger partial charge >= 0.3 is 0 Å². The van der Waals surface area contributed by atoms with Crippen molar-refractivity contribution in [3.8, 4) is 0 Å². The first-order valence-corrected chi connectivity index (χ1v) is 9.86. The van der Waals surface area contributed by atoms with Gasteiger partial charge in [-0.1, -0.05) is 6.07 Å². The lowest BCUT2D eigenvalue weighted by molar-refractivity contribution is -0.884. The van der Waals surface area contributed by atoms with Crippen LogP contribution in [0.1, 0.15) is 34.6 Å². The van der Waals surface area contributed by atoms with E-state index in [0.29, 0.717) is 30.9 Å². The molecule has 0 fully saturated rings. The van der Waals surface area contributed by atoms with Crippen LogP contribution in [0.2, 0.25) is 0 Å². The number of nitrogens with one attached hydrogen (secondary N) is 2. The number of anilines is 1. The number of quaternary nitrogens is 1. The number of rotatable bonds is 8. The number of nitrogens with zero attached hydrogens (tertiary/aromatic N) is 1. The molecule has 2 rings (SSSR count). The Labute approximate surface area is 159 Å². The summed E-state index contributed by atoms with van der Waals surface area (Å²) < 4.78 is 0. The third kappa shape index (κ3) is 5.41. The number of carbonyl (C=O) groups is 2. The molecule has 1 unspecified atom stereocenters. The molecule has 0 spiro atoms. The topological polar surface area (TPSA) is 53.9 Å². The van der Waals surface area contributed by atoms with Gasteiger partial charge in [0.2, 0.25) is 0 Å². The van der Waals surface area contributed by atoms with Gasteiger partial charge in [0.15, 0.2) is 6.54 Å². The highest BCUT2D eigenvalue weighted by molar-refractivity contribution is 7.10. The second-order valence-electron chi connectivity index (χ2n) is 6.44. The zero-order chi connectivity index (χ0) is 19.1. The van der Waals surface area contributed by atoms with Gasteiger partial charge in [0.05, 0.1) is 11.9 Å². The van der Waals surface area contributed by atoms with E-state index in [9.17, 15) is 9.59 Å². The van der Waals surface area contributed by atoms with Crippen molar-refractivity contribution in [1.29, 1.82) is 0 Å². The summed E-state index contributed by atoms with van der Waals surface area (Å²) >= 11 is 1.73. The van der Waals surface area contributed by atoms with Crippen molar-refractivity contribution >= 4 is 28.8 Å². The SMILES string of the molecule is CCN(CC)C(=O)c1cccc(NC(=O)C[NH+](C)Cc2sccc2C)c1. The molecule has 0 saturated heterocycles. The number of benzene rings is 1. The Balaban J connectivity index is 1.95. The second kappa shape index (κ2) is 9.50. The number of likely N-dealkylation sites (N-methyl/N-ethyl adjacent to an activating group) is 1. The van der Waals surface area contributed by atoms with Crippen molar-refractivity contribution in [3.05, 3.63) is 51.7 Å². The lowest BCUT2D eigenvalue weighted by Crippen LogP contribution is -3.08. The Bertz CT molecular complexity index is 753. The molecule has 2 aromatic rings. The van der Waals surface area contributed by atoms with Gasteiger partial charge in [-0.3, -0.25) is 9.59 Å². The summed E-state index contributed by atoms with van der Waals surface area (Å²) in [6.07, 6.45) is 0. The summed E-state index contributed by atoms with van der Waals surface area (Å²) in [4.78, 5) is 29.0. The molecule has 2 N–H and O–H groups in total. The lowest BCUT2D eigenvalue weighted by Gasteiger charge is -2.19. The van der Waals surface area contributed by atoms with Crippen LogP contribution in [0.15, 0.2) is 35.7 Å². The van der Waals surface area contributed by atoms with E-state index in [1.165, 1.54) is 10.4 Å².